The van der Waals surface area contributed by atoms with Crippen LogP contribution >= 0.6 is 23.1 Å². The number of nitrogens with zero attached hydrogens (tertiary/aromatic N) is 2. The fourth-order valence-corrected chi connectivity index (χ4v) is 5.14. The van der Waals surface area contributed by atoms with Crippen molar-refractivity contribution in [1.29, 1.82) is 0 Å². The first-order chi connectivity index (χ1) is 15.8. The molecule has 0 bridgehead atoms. The number of thiazole rings is 1. The third kappa shape index (κ3) is 4.67. The van der Waals surface area contributed by atoms with Gasteiger partial charge in [-0.15, -0.1) is 11.8 Å². The molecule has 6 nitrogen and oxygen atoms in total. The fourth-order valence-electron chi connectivity index (χ4n) is 3.68. The number of ether oxygens (including phenoxy) is 1. The third-order valence-electron chi connectivity index (χ3n) is 5.21. The van der Waals surface area contributed by atoms with Gasteiger partial charge in [0, 0.05) is 4.90 Å². The maximum Gasteiger partial charge on any atom is 0.338 e. The van der Waals surface area contributed by atoms with Gasteiger partial charge < -0.3 is 9.84 Å². The van der Waals surface area contributed by atoms with Crippen molar-refractivity contribution in [2.24, 2.45) is 4.99 Å². The van der Waals surface area contributed by atoms with E-state index in [1.54, 1.807) is 67.4 Å². The molecular formula is C25H24N2O4S2. The summed E-state index contributed by atoms with van der Waals surface area (Å²) < 4.78 is 7.60. The average molecular weight is 481 g/mol. The third-order valence-corrected chi connectivity index (χ3v) is 6.93. The quantitative estimate of drug-likeness (QED) is 0.446. The van der Waals surface area contributed by atoms with Crippen molar-refractivity contribution >= 4 is 35.1 Å². The van der Waals surface area contributed by atoms with Crippen LogP contribution in [0, 0.1) is 0 Å². The average Bonchev–Trinajstić information content (AvgIpc) is 3.08. The summed E-state index contributed by atoms with van der Waals surface area (Å²) in [6.07, 6.45) is 3.47. The van der Waals surface area contributed by atoms with Crippen LogP contribution in [0.3, 0.4) is 0 Å². The largest absolute Gasteiger partial charge is 0.508 e. The Morgan fingerprint density at radius 2 is 1.85 bits per heavy atom. The summed E-state index contributed by atoms with van der Waals surface area (Å²) in [4.78, 5) is 32.8. The van der Waals surface area contributed by atoms with Crippen molar-refractivity contribution in [3.8, 4) is 5.75 Å². The lowest BCUT2D eigenvalue weighted by Crippen LogP contribution is -2.40. The zero-order valence-corrected chi connectivity index (χ0v) is 20.4. The molecule has 3 aromatic rings. The van der Waals surface area contributed by atoms with E-state index in [2.05, 4.69) is 4.99 Å². The molecule has 1 unspecified atom stereocenters. The number of carbonyl (C=O) groups is 1. The molecule has 0 saturated heterocycles. The maximum atomic E-state index is 13.5. The van der Waals surface area contributed by atoms with Crippen LogP contribution in [0.5, 0.6) is 5.75 Å². The number of esters is 1. The minimum Gasteiger partial charge on any atom is -0.508 e. The van der Waals surface area contributed by atoms with Crippen LogP contribution < -0.4 is 14.9 Å². The number of benzene rings is 2. The molecule has 1 N–H and O–H groups in total. The summed E-state index contributed by atoms with van der Waals surface area (Å²) >= 11 is 2.90. The van der Waals surface area contributed by atoms with E-state index in [0.29, 0.717) is 20.6 Å². The molecule has 0 saturated carbocycles. The smallest absolute Gasteiger partial charge is 0.338 e. The molecule has 0 aliphatic carbocycles. The Kier molecular flexibility index (Phi) is 6.58. The Hall–Kier alpha value is -3.10. The molecule has 170 valence electrons. The van der Waals surface area contributed by atoms with E-state index in [0.717, 1.165) is 16.0 Å². The first kappa shape index (κ1) is 23.1. The molecule has 2 aromatic carbocycles. The van der Waals surface area contributed by atoms with Gasteiger partial charge >= 0.3 is 5.97 Å². The van der Waals surface area contributed by atoms with Gasteiger partial charge in [-0.2, -0.15) is 0 Å². The number of phenols is 1. The second kappa shape index (κ2) is 9.41. The Balaban J connectivity index is 1.92. The van der Waals surface area contributed by atoms with Crippen LogP contribution in [-0.2, 0) is 9.53 Å². The standard InChI is InChI=1S/C25H24N2O4S2/c1-14(2)31-24(30)21-15(3)26-25-27(22(21)17-7-11-19(32-4)12-8-17)23(29)20(33-25)13-16-5-9-18(28)10-6-16/h5-14,22,28H,1-4H3/b20-13-. The maximum absolute atomic E-state index is 13.5. The molecule has 1 aliphatic heterocycles. The molecule has 0 amide bonds. The molecule has 8 heteroatoms. The van der Waals surface area contributed by atoms with Crippen LogP contribution in [0.15, 0.2) is 74.5 Å². The Morgan fingerprint density at radius 1 is 1.18 bits per heavy atom. The summed E-state index contributed by atoms with van der Waals surface area (Å²) in [5.74, 6) is -0.316. The highest BCUT2D eigenvalue weighted by atomic mass is 32.2. The van der Waals surface area contributed by atoms with Gasteiger partial charge in [0.25, 0.3) is 5.56 Å². The number of fused-ring (bicyclic) bond motifs is 1. The Morgan fingerprint density at radius 3 is 2.45 bits per heavy atom. The Labute approximate surface area is 199 Å². The van der Waals surface area contributed by atoms with Crippen molar-refractivity contribution in [3.05, 3.63) is 90.6 Å². The molecular weight excluding hydrogens is 456 g/mol. The van der Waals surface area contributed by atoms with Crippen LogP contribution in [0.25, 0.3) is 6.08 Å². The lowest BCUT2D eigenvalue weighted by Gasteiger charge is -2.25. The molecule has 0 fully saturated rings. The number of aromatic nitrogens is 1. The van der Waals surface area contributed by atoms with Crippen LogP contribution in [0.2, 0.25) is 0 Å². The summed E-state index contributed by atoms with van der Waals surface area (Å²) in [6.45, 7) is 5.36. The molecule has 0 radical (unpaired) electrons. The zero-order valence-electron chi connectivity index (χ0n) is 18.7. The first-order valence-corrected chi connectivity index (χ1v) is 12.5. The number of phenolic OH excluding ortho intramolecular Hbond substituents is 1. The van der Waals surface area contributed by atoms with E-state index >= 15 is 0 Å². The number of rotatable bonds is 5. The van der Waals surface area contributed by atoms with Gasteiger partial charge in [0.05, 0.1) is 27.9 Å². The zero-order chi connectivity index (χ0) is 23.7. The normalized spacial score (nSPS) is 16.0. The highest BCUT2D eigenvalue weighted by molar-refractivity contribution is 7.98. The highest BCUT2D eigenvalue weighted by Crippen LogP contribution is 2.32. The number of hydrogen-bond donors (Lipinski definition) is 1. The van der Waals surface area contributed by atoms with Gasteiger partial charge in [0.2, 0.25) is 0 Å². The predicted molar refractivity (Wildman–Crippen MR) is 131 cm³/mol. The van der Waals surface area contributed by atoms with Crippen molar-refractivity contribution in [2.75, 3.05) is 6.26 Å². The van der Waals surface area contributed by atoms with Crippen LogP contribution in [0.1, 0.15) is 37.9 Å². The first-order valence-electron chi connectivity index (χ1n) is 10.4. The van der Waals surface area contributed by atoms with Crippen molar-refractivity contribution in [1.82, 2.24) is 4.57 Å². The molecule has 0 spiro atoms. The molecule has 4 rings (SSSR count). The summed E-state index contributed by atoms with van der Waals surface area (Å²) in [7, 11) is 0. The Bertz CT molecular complexity index is 1400. The molecule has 1 aromatic heterocycles. The van der Waals surface area contributed by atoms with Gasteiger partial charge in [-0.05, 0) is 68.5 Å². The van der Waals surface area contributed by atoms with Crippen molar-refractivity contribution < 1.29 is 14.6 Å². The van der Waals surface area contributed by atoms with E-state index in [1.165, 1.54) is 11.3 Å². The summed E-state index contributed by atoms with van der Waals surface area (Å²) in [5, 5.41) is 9.54. The predicted octanol–water partition coefficient (Wildman–Crippen LogP) is 3.61. The molecule has 33 heavy (non-hydrogen) atoms. The van der Waals surface area contributed by atoms with E-state index in [9.17, 15) is 14.7 Å². The second-order valence-corrected chi connectivity index (χ2v) is 9.79. The van der Waals surface area contributed by atoms with Gasteiger partial charge in [-0.3, -0.25) is 9.36 Å². The summed E-state index contributed by atoms with van der Waals surface area (Å²) in [6, 6.07) is 13.8. The number of aromatic hydroxyl groups is 1. The van der Waals surface area contributed by atoms with Gasteiger partial charge in [0.1, 0.15) is 5.75 Å². The second-order valence-electron chi connectivity index (χ2n) is 7.90. The molecule has 1 aliphatic rings. The fraction of sp³-hybridized carbons (Fsp3) is 0.240. The highest BCUT2D eigenvalue weighted by Gasteiger charge is 2.33. The number of thioether (sulfide) groups is 1. The minimum atomic E-state index is -0.634. The lowest BCUT2D eigenvalue weighted by molar-refractivity contribution is -0.143. The van der Waals surface area contributed by atoms with Gasteiger partial charge in [-0.1, -0.05) is 35.6 Å². The molecule has 1 atom stereocenters. The van der Waals surface area contributed by atoms with Gasteiger partial charge in [0.15, 0.2) is 4.80 Å². The van der Waals surface area contributed by atoms with Crippen molar-refractivity contribution in [2.45, 2.75) is 37.8 Å². The minimum absolute atomic E-state index is 0.159. The van der Waals surface area contributed by atoms with Crippen molar-refractivity contribution in [3.63, 3.8) is 0 Å². The topological polar surface area (TPSA) is 80.9 Å². The van der Waals surface area contributed by atoms with E-state index in [1.807, 2.05) is 30.5 Å². The van der Waals surface area contributed by atoms with E-state index in [-0.39, 0.29) is 17.4 Å². The van der Waals surface area contributed by atoms with Gasteiger partial charge in [-0.25, -0.2) is 9.79 Å². The van der Waals surface area contributed by atoms with Crippen LogP contribution in [0.4, 0.5) is 0 Å². The number of hydrogen-bond acceptors (Lipinski definition) is 7. The van der Waals surface area contributed by atoms with E-state index < -0.39 is 12.0 Å². The lowest BCUT2D eigenvalue weighted by atomic mass is 9.96. The number of allylic oxidation sites excluding steroid dienone is 1. The monoisotopic (exact) mass is 480 g/mol. The summed E-state index contributed by atoms with van der Waals surface area (Å²) in [5.41, 5.74) is 2.28. The SMILES string of the molecule is CSc1ccc(C2C(C(=O)OC(C)C)=C(C)N=c3s/c(=C\c4ccc(O)cc4)c(=O)n32)cc1. The molecule has 2 heterocycles. The van der Waals surface area contributed by atoms with E-state index in [4.69, 9.17) is 4.74 Å². The number of carbonyl (C=O) groups excluding carboxylic acids is 1. The van der Waals surface area contributed by atoms with Crippen LogP contribution in [-0.4, -0.2) is 28.0 Å².